The summed E-state index contributed by atoms with van der Waals surface area (Å²) in [6.45, 7) is 5.63. The second-order valence-corrected chi connectivity index (χ2v) is 6.48. The van der Waals surface area contributed by atoms with Gasteiger partial charge in [-0.25, -0.2) is 0 Å². The van der Waals surface area contributed by atoms with Crippen LogP contribution in [0.3, 0.4) is 0 Å². The van der Waals surface area contributed by atoms with Gasteiger partial charge in [-0.15, -0.1) is 0 Å². The molecule has 1 heterocycles. The van der Waals surface area contributed by atoms with Crippen molar-refractivity contribution in [1.82, 2.24) is 4.90 Å². The van der Waals surface area contributed by atoms with Gasteiger partial charge in [0.25, 0.3) is 0 Å². The molecule has 0 spiro atoms. The Hall–Kier alpha value is -1.56. The Morgan fingerprint density at radius 3 is 2.29 bits per heavy atom. The zero-order valence-corrected chi connectivity index (χ0v) is 14.0. The van der Waals surface area contributed by atoms with Crippen molar-refractivity contribution in [3.05, 3.63) is 35.4 Å². The maximum atomic E-state index is 12.7. The number of carbonyl (C=O) groups is 1. The SMILES string of the molecule is CCC(CC)C1CCN(C(C(=O)O)c2ccc(C(F)(F)F)cc2)C1. The molecule has 0 bridgehead atoms. The maximum absolute atomic E-state index is 12.7. The van der Waals surface area contributed by atoms with E-state index in [0.29, 0.717) is 30.5 Å². The van der Waals surface area contributed by atoms with Crippen molar-refractivity contribution in [3.63, 3.8) is 0 Å². The lowest BCUT2D eigenvalue weighted by molar-refractivity contribution is -0.143. The third-order valence-electron chi connectivity index (χ3n) is 5.12. The van der Waals surface area contributed by atoms with Crippen LogP contribution in [0.25, 0.3) is 0 Å². The minimum Gasteiger partial charge on any atom is -0.480 e. The number of carboxylic acids is 1. The summed E-state index contributed by atoms with van der Waals surface area (Å²) in [5, 5.41) is 9.59. The number of alkyl halides is 3. The van der Waals surface area contributed by atoms with Crippen molar-refractivity contribution in [3.8, 4) is 0 Å². The number of hydrogen-bond donors (Lipinski definition) is 1. The van der Waals surface area contributed by atoms with Crippen molar-refractivity contribution >= 4 is 5.97 Å². The molecule has 3 nitrogen and oxygen atoms in total. The molecule has 1 N–H and O–H groups in total. The van der Waals surface area contributed by atoms with Gasteiger partial charge in [0.2, 0.25) is 0 Å². The van der Waals surface area contributed by atoms with Crippen molar-refractivity contribution < 1.29 is 23.1 Å². The fourth-order valence-electron chi connectivity index (χ4n) is 3.75. The first kappa shape index (κ1) is 18.8. The molecule has 1 aliphatic heterocycles. The molecule has 6 heteroatoms. The summed E-state index contributed by atoms with van der Waals surface area (Å²) in [4.78, 5) is 13.6. The number of halogens is 3. The fourth-order valence-corrected chi connectivity index (χ4v) is 3.75. The quantitative estimate of drug-likeness (QED) is 0.821. The first-order valence-electron chi connectivity index (χ1n) is 8.41. The predicted molar refractivity (Wildman–Crippen MR) is 85.6 cm³/mol. The number of aliphatic carboxylic acids is 1. The monoisotopic (exact) mass is 343 g/mol. The summed E-state index contributed by atoms with van der Waals surface area (Å²) in [6, 6.07) is 3.60. The highest BCUT2D eigenvalue weighted by Gasteiger charge is 2.36. The molecular weight excluding hydrogens is 319 g/mol. The number of likely N-dealkylation sites (tertiary alicyclic amines) is 1. The Morgan fingerprint density at radius 2 is 1.83 bits per heavy atom. The fraction of sp³-hybridized carbons (Fsp3) is 0.611. The summed E-state index contributed by atoms with van der Waals surface area (Å²) in [6.07, 6.45) is -1.34. The van der Waals surface area contributed by atoms with Crippen LogP contribution >= 0.6 is 0 Å². The van der Waals surface area contributed by atoms with E-state index in [9.17, 15) is 23.1 Å². The second kappa shape index (κ2) is 7.55. The molecular formula is C18H24F3NO2. The molecule has 0 aliphatic carbocycles. The average Bonchev–Trinajstić information content (AvgIpc) is 2.97. The van der Waals surface area contributed by atoms with Crippen molar-refractivity contribution in [1.29, 1.82) is 0 Å². The number of rotatable bonds is 6. The minimum absolute atomic E-state index is 0.403. The third-order valence-corrected chi connectivity index (χ3v) is 5.12. The van der Waals surface area contributed by atoms with Crippen LogP contribution in [0.5, 0.6) is 0 Å². The molecule has 1 saturated heterocycles. The lowest BCUT2D eigenvalue weighted by atomic mass is 9.87. The Balaban J connectivity index is 2.17. The van der Waals surface area contributed by atoms with Gasteiger partial charge in [-0.05, 0) is 42.5 Å². The molecule has 1 aromatic carbocycles. The zero-order valence-electron chi connectivity index (χ0n) is 14.0. The summed E-state index contributed by atoms with van der Waals surface area (Å²) >= 11 is 0. The van der Waals surface area contributed by atoms with Gasteiger partial charge in [0, 0.05) is 6.54 Å². The van der Waals surface area contributed by atoms with Gasteiger partial charge in [-0.1, -0.05) is 38.8 Å². The lowest BCUT2D eigenvalue weighted by Gasteiger charge is -2.26. The summed E-state index contributed by atoms with van der Waals surface area (Å²) in [5.74, 6) is 0.00769. The molecule has 134 valence electrons. The van der Waals surface area contributed by atoms with E-state index in [4.69, 9.17) is 0 Å². The lowest BCUT2D eigenvalue weighted by Crippen LogP contribution is -2.33. The smallest absolute Gasteiger partial charge is 0.416 e. The number of hydrogen-bond acceptors (Lipinski definition) is 2. The van der Waals surface area contributed by atoms with E-state index >= 15 is 0 Å². The minimum atomic E-state index is -4.41. The highest BCUT2D eigenvalue weighted by Crippen LogP contribution is 2.35. The van der Waals surface area contributed by atoms with E-state index in [2.05, 4.69) is 13.8 Å². The van der Waals surface area contributed by atoms with Gasteiger partial charge in [0.1, 0.15) is 6.04 Å². The molecule has 0 radical (unpaired) electrons. The number of benzene rings is 1. The molecule has 2 rings (SSSR count). The van der Waals surface area contributed by atoms with Crippen LogP contribution in [0.15, 0.2) is 24.3 Å². The zero-order chi connectivity index (χ0) is 17.9. The summed E-state index contributed by atoms with van der Waals surface area (Å²) < 4.78 is 38.0. The molecule has 0 aromatic heterocycles. The van der Waals surface area contributed by atoms with Gasteiger partial charge < -0.3 is 5.11 Å². The molecule has 1 aliphatic rings. The van der Waals surface area contributed by atoms with Crippen molar-refractivity contribution in [2.24, 2.45) is 11.8 Å². The van der Waals surface area contributed by atoms with E-state index in [-0.39, 0.29) is 0 Å². The molecule has 24 heavy (non-hydrogen) atoms. The van der Waals surface area contributed by atoms with Crippen LogP contribution in [-0.4, -0.2) is 29.1 Å². The first-order valence-corrected chi connectivity index (χ1v) is 8.41. The van der Waals surface area contributed by atoms with Gasteiger partial charge in [-0.2, -0.15) is 13.2 Å². The highest BCUT2D eigenvalue weighted by molar-refractivity contribution is 5.75. The van der Waals surface area contributed by atoms with Gasteiger partial charge >= 0.3 is 12.1 Å². The Labute approximate surface area is 140 Å². The van der Waals surface area contributed by atoms with E-state index in [0.717, 1.165) is 31.4 Å². The van der Waals surface area contributed by atoms with Crippen LogP contribution in [0.2, 0.25) is 0 Å². The highest BCUT2D eigenvalue weighted by atomic mass is 19.4. The van der Waals surface area contributed by atoms with Crippen LogP contribution in [-0.2, 0) is 11.0 Å². The maximum Gasteiger partial charge on any atom is 0.416 e. The molecule has 2 unspecified atom stereocenters. The topological polar surface area (TPSA) is 40.5 Å². The van der Waals surface area contributed by atoms with Gasteiger partial charge in [0.15, 0.2) is 0 Å². The molecule has 1 aromatic rings. The molecule has 0 amide bonds. The molecule has 0 saturated carbocycles. The van der Waals surface area contributed by atoms with E-state index in [1.54, 1.807) is 0 Å². The number of nitrogens with zero attached hydrogens (tertiary/aromatic N) is 1. The average molecular weight is 343 g/mol. The Morgan fingerprint density at radius 1 is 1.25 bits per heavy atom. The van der Waals surface area contributed by atoms with Crippen molar-refractivity contribution in [2.75, 3.05) is 13.1 Å². The first-order chi connectivity index (χ1) is 11.3. The summed E-state index contributed by atoms with van der Waals surface area (Å²) in [7, 11) is 0. The standard InChI is InChI=1S/C18H24F3NO2/c1-3-12(4-2)14-9-10-22(11-14)16(17(23)24)13-5-7-15(8-6-13)18(19,20)21/h5-8,12,14,16H,3-4,9-11H2,1-2H3,(H,23,24). The van der Waals surface area contributed by atoms with Crippen LogP contribution < -0.4 is 0 Å². The van der Waals surface area contributed by atoms with E-state index in [1.807, 2.05) is 4.90 Å². The Kier molecular flexibility index (Phi) is 5.91. The van der Waals surface area contributed by atoms with Crippen LogP contribution in [0.4, 0.5) is 13.2 Å². The third kappa shape index (κ3) is 4.09. The normalized spacial score (nSPS) is 20.5. The van der Waals surface area contributed by atoms with Crippen molar-refractivity contribution in [2.45, 2.75) is 45.3 Å². The molecule has 1 fully saturated rings. The number of carboxylic acid groups (broad SMARTS) is 1. The van der Waals surface area contributed by atoms with Crippen LogP contribution in [0.1, 0.15) is 50.3 Å². The van der Waals surface area contributed by atoms with Gasteiger partial charge in [0.05, 0.1) is 5.56 Å². The second-order valence-electron chi connectivity index (χ2n) is 6.48. The summed E-state index contributed by atoms with van der Waals surface area (Å²) in [5.41, 5.74) is -0.354. The largest absolute Gasteiger partial charge is 0.480 e. The molecule has 2 atom stereocenters. The Bertz CT molecular complexity index is 552. The van der Waals surface area contributed by atoms with E-state index < -0.39 is 23.8 Å². The predicted octanol–water partition coefficient (Wildman–Crippen LogP) is 4.59. The van der Waals surface area contributed by atoms with Crippen LogP contribution in [0, 0.1) is 11.8 Å². The van der Waals surface area contributed by atoms with E-state index in [1.165, 1.54) is 12.1 Å². The van der Waals surface area contributed by atoms with Gasteiger partial charge in [-0.3, -0.25) is 9.69 Å².